The molecule has 0 aromatic rings. The first kappa shape index (κ1) is 11.2. The molecule has 0 atom stereocenters. The fraction of sp³-hybridized carbons (Fsp3) is 0.667. The van der Waals surface area contributed by atoms with Crippen LogP contribution < -0.4 is 0 Å². The topological polar surface area (TPSA) is 61.2 Å². The number of rotatable bonds is 2. The van der Waals surface area contributed by atoms with E-state index in [9.17, 15) is 8.42 Å². The highest BCUT2D eigenvalue weighted by molar-refractivity contribution is 7.89. The summed E-state index contributed by atoms with van der Waals surface area (Å²) in [5.74, 6) is 0.132. The van der Waals surface area contributed by atoms with Crippen LogP contribution in [0.5, 0.6) is 0 Å². The van der Waals surface area contributed by atoms with Crippen LogP contribution in [-0.4, -0.2) is 31.6 Å². The summed E-state index contributed by atoms with van der Waals surface area (Å²) >= 11 is 0. The van der Waals surface area contributed by atoms with Gasteiger partial charge in [-0.2, -0.15) is 9.57 Å². The standard InChI is InChI=1S/C9H14N2O2S/c1-2-14(12,13)11-7-3-4-9(8-11)5-6-10/h5H,2-4,7-8H2,1H3/b9-5+. The molecule has 1 heterocycles. The van der Waals surface area contributed by atoms with Crippen LogP contribution in [0.2, 0.25) is 0 Å². The Bertz CT molecular complexity index is 365. The zero-order valence-corrected chi connectivity index (χ0v) is 9.05. The number of sulfonamides is 1. The number of nitrogens with zero attached hydrogens (tertiary/aromatic N) is 2. The predicted molar refractivity (Wildman–Crippen MR) is 54.0 cm³/mol. The summed E-state index contributed by atoms with van der Waals surface area (Å²) in [5, 5.41) is 8.47. The molecule has 4 nitrogen and oxygen atoms in total. The van der Waals surface area contributed by atoms with E-state index in [1.165, 1.54) is 10.4 Å². The van der Waals surface area contributed by atoms with Crippen molar-refractivity contribution in [1.29, 1.82) is 5.26 Å². The molecule has 0 aromatic heterocycles. The second-order valence-electron chi connectivity index (χ2n) is 3.27. The van der Waals surface area contributed by atoms with Crippen LogP contribution in [0.1, 0.15) is 19.8 Å². The van der Waals surface area contributed by atoms with Crippen molar-refractivity contribution in [2.75, 3.05) is 18.8 Å². The molecule has 1 aliphatic rings. The maximum Gasteiger partial charge on any atom is 0.214 e. The molecule has 1 rings (SSSR count). The molecular formula is C9H14N2O2S. The minimum absolute atomic E-state index is 0.132. The van der Waals surface area contributed by atoms with Gasteiger partial charge in [0.2, 0.25) is 10.0 Å². The third-order valence-corrected chi connectivity index (χ3v) is 4.14. The van der Waals surface area contributed by atoms with Crippen LogP contribution >= 0.6 is 0 Å². The Morgan fingerprint density at radius 3 is 2.93 bits per heavy atom. The lowest BCUT2D eigenvalue weighted by molar-refractivity contribution is 0.395. The van der Waals surface area contributed by atoms with Gasteiger partial charge in [-0.15, -0.1) is 0 Å². The van der Waals surface area contributed by atoms with Crippen LogP contribution in [0.15, 0.2) is 11.6 Å². The monoisotopic (exact) mass is 214 g/mol. The largest absolute Gasteiger partial charge is 0.214 e. The highest BCUT2D eigenvalue weighted by atomic mass is 32.2. The molecule has 0 N–H and O–H groups in total. The summed E-state index contributed by atoms with van der Waals surface area (Å²) in [6, 6.07) is 1.94. The van der Waals surface area contributed by atoms with E-state index in [0.717, 1.165) is 18.4 Å². The van der Waals surface area contributed by atoms with Crippen molar-refractivity contribution in [3.63, 3.8) is 0 Å². The van der Waals surface area contributed by atoms with Gasteiger partial charge < -0.3 is 0 Å². The van der Waals surface area contributed by atoms with Gasteiger partial charge in [-0.05, 0) is 25.3 Å². The minimum Gasteiger partial charge on any atom is -0.212 e. The summed E-state index contributed by atoms with van der Waals surface area (Å²) in [7, 11) is -3.09. The van der Waals surface area contributed by atoms with Gasteiger partial charge in [0.1, 0.15) is 0 Å². The first-order chi connectivity index (χ1) is 6.60. The van der Waals surface area contributed by atoms with Gasteiger partial charge in [-0.1, -0.05) is 0 Å². The highest BCUT2D eigenvalue weighted by Crippen LogP contribution is 2.18. The van der Waals surface area contributed by atoms with Crippen LogP contribution in [-0.2, 0) is 10.0 Å². The number of allylic oxidation sites excluding steroid dienone is 1. The average Bonchev–Trinajstić information content (AvgIpc) is 2.19. The molecule has 5 heteroatoms. The van der Waals surface area contributed by atoms with E-state index in [0.29, 0.717) is 13.1 Å². The van der Waals surface area contributed by atoms with Crippen molar-refractivity contribution in [2.45, 2.75) is 19.8 Å². The van der Waals surface area contributed by atoms with Crippen molar-refractivity contribution in [2.24, 2.45) is 0 Å². The lowest BCUT2D eigenvalue weighted by Gasteiger charge is -2.26. The summed E-state index contributed by atoms with van der Waals surface area (Å²) in [6.45, 7) is 2.61. The Morgan fingerprint density at radius 1 is 1.64 bits per heavy atom. The van der Waals surface area contributed by atoms with E-state index in [2.05, 4.69) is 0 Å². The third-order valence-electron chi connectivity index (χ3n) is 2.31. The van der Waals surface area contributed by atoms with Crippen molar-refractivity contribution in [3.8, 4) is 6.07 Å². The quantitative estimate of drug-likeness (QED) is 0.641. The van der Waals surface area contributed by atoms with Crippen LogP contribution in [0.25, 0.3) is 0 Å². The second-order valence-corrected chi connectivity index (χ2v) is 5.53. The second kappa shape index (κ2) is 4.58. The molecule has 78 valence electrons. The number of piperidine rings is 1. The van der Waals surface area contributed by atoms with Crippen LogP contribution in [0.3, 0.4) is 0 Å². The number of nitriles is 1. The summed E-state index contributed by atoms with van der Waals surface area (Å²) in [6.07, 6.45) is 3.10. The molecule has 1 aliphatic heterocycles. The SMILES string of the molecule is CCS(=O)(=O)N1CCC/C(=C\C#N)C1. The number of hydrogen-bond acceptors (Lipinski definition) is 3. The summed E-state index contributed by atoms with van der Waals surface area (Å²) in [4.78, 5) is 0. The molecule has 0 spiro atoms. The summed E-state index contributed by atoms with van der Waals surface area (Å²) < 4.78 is 24.5. The predicted octanol–water partition coefficient (Wildman–Crippen LogP) is 0.882. The average molecular weight is 214 g/mol. The van der Waals surface area contributed by atoms with Crippen molar-refractivity contribution in [3.05, 3.63) is 11.6 Å². The lowest BCUT2D eigenvalue weighted by atomic mass is 10.1. The molecule has 0 unspecified atom stereocenters. The molecule has 0 aliphatic carbocycles. The normalized spacial score (nSPS) is 22.1. The van der Waals surface area contributed by atoms with Crippen molar-refractivity contribution in [1.82, 2.24) is 4.31 Å². The number of hydrogen-bond donors (Lipinski definition) is 0. The van der Waals surface area contributed by atoms with Crippen LogP contribution in [0, 0.1) is 11.3 Å². The maximum absolute atomic E-state index is 11.5. The third kappa shape index (κ3) is 2.56. The van der Waals surface area contributed by atoms with Gasteiger partial charge in [-0.3, -0.25) is 0 Å². The molecule has 0 amide bonds. The van der Waals surface area contributed by atoms with Crippen molar-refractivity contribution < 1.29 is 8.42 Å². The van der Waals surface area contributed by atoms with E-state index in [1.807, 2.05) is 6.07 Å². The van der Waals surface area contributed by atoms with E-state index < -0.39 is 10.0 Å². The minimum atomic E-state index is -3.09. The fourth-order valence-corrected chi connectivity index (χ4v) is 2.63. The first-order valence-corrected chi connectivity index (χ1v) is 6.26. The van der Waals surface area contributed by atoms with E-state index in [4.69, 9.17) is 5.26 Å². The molecule has 0 saturated carbocycles. The van der Waals surface area contributed by atoms with Gasteiger partial charge in [0.05, 0.1) is 11.8 Å². The zero-order valence-electron chi connectivity index (χ0n) is 8.23. The van der Waals surface area contributed by atoms with Crippen LogP contribution in [0.4, 0.5) is 0 Å². The van der Waals surface area contributed by atoms with Gasteiger partial charge >= 0.3 is 0 Å². The first-order valence-electron chi connectivity index (χ1n) is 4.65. The fourth-order valence-electron chi connectivity index (χ4n) is 1.50. The maximum atomic E-state index is 11.5. The van der Waals surface area contributed by atoms with E-state index >= 15 is 0 Å². The summed E-state index contributed by atoms with van der Waals surface area (Å²) in [5.41, 5.74) is 0.913. The molecule has 0 bridgehead atoms. The molecule has 1 fully saturated rings. The van der Waals surface area contributed by atoms with E-state index in [1.54, 1.807) is 6.92 Å². The zero-order chi connectivity index (χ0) is 10.6. The smallest absolute Gasteiger partial charge is 0.212 e. The van der Waals surface area contributed by atoms with Gasteiger partial charge in [-0.25, -0.2) is 8.42 Å². The Kier molecular flexibility index (Phi) is 3.67. The van der Waals surface area contributed by atoms with Gasteiger partial charge in [0, 0.05) is 19.2 Å². The molecule has 0 radical (unpaired) electrons. The van der Waals surface area contributed by atoms with Gasteiger partial charge in [0.15, 0.2) is 0 Å². The van der Waals surface area contributed by atoms with Gasteiger partial charge in [0.25, 0.3) is 0 Å². The molecular weight excluding hydrogens is 200 g/mol. The van der Waals surface area contributed by atoms with E-state index in [-0.39, 0.29) is 5.75 Å². The van der Waals surface area contributed by atoms with Crippen molar-refractivity contribution >= 4 is 10.0 Å². The molecule has 1 saturated heterocycles. The highest BCUT2D eigenvalue weighted by Gasteiger charge is 2.23. The lowest BCUT2D eigenvalue weighted by Crippen LogP contribution is -2.37. The molecule has 14 heavy (non-hydrogen) atoms. The Hall–Kier alpha value is -0.860. The Balaban J connectivity index is 2.76. The molecule has 0 aromatic carbocycles. The Morgan fingerprint density at radius 2 is 2.36 bits per heavy atom. The Labute approximate surface area is 84.9 Å².